The highest BCUT2D eigenvalue weighted by Gasteiger charge is 2.41. The number of hydrogen-bond donors (Lipinski definition) is 2. The number of likely N-dealkylation sites (tertiary alicyclic amines) is 1. The van der Waals surface area contributed by atoms with Crippen molar-refractivity contribution in [3.63, 3.8) is 0 Å². The highest BCUT2D eigenvalue weighted by atomic mass is 35.5. The van der Waals surface area contributed by atoms with Gasteiger partial charge in [-0.1, -0.05) is 19.9 Å². The van der Waals surface area contributed by atoms with Crippen molar-refractivity contribution in [2.75, 3.05) is 32.7 Å². The molecule has 0 aromatic heterocycles. The monoisotopic (exact) mass is 547 g/mol. The second-order valence-corrected chi connectivity index (χ2v) is 9.36. The summed E-state index contributed by atoms with van der Waals surface area (Å²) in [5.74, 6) is -0.762. The van der Waals surface area contributed by atoms with Gasteiger partial charge in [-0.2, -0.15) is 4.99 Å². The molecule has 2 atom stereocenters. The third kappa shape index (κ3) is 6.29. The highest BCUT2D eigenvalue weighted by Crippen LogP contribution is 2.39. The second-order valence-electron chi connectivity index (χ2n) is 8.35. The molecule has 2 saturated heterocycles. The van der Waals surface area contributed by atoms with E-state index in [-0.39, 0.29) is 36.8 Å². The predicted molar refractivity (Wildman–Crippen MR) is 142 cm³/mol. The van der Waals surface area contributed by atoms with Crippen LogP contribution >= 0.6 is 36.6 Å². The summed E-state index contributed by atoms with van der Waals surface area (Å²) in [7, 11) is 0. The maximum absolute atomic E-state index is 14.4. The number of amidine groups is 1. The lowest BCUT2D eigenvalue weighted by Gasteiger charge is -2.34. The number of aliphatic imine (C=N–C) groups is 1. The quantitative estimate of drug-likeness (QED) is 0.529. The number of hydrogen-bond acceptors (Lipinski definition) is 6. The van der Waals surface area contributed by atoms with Crippen molar-refractivity contribution in [2.24, 2.45) is 4.99 Å². The fraction of sp³-hybridized carbons (Fsp3) is 0.522. The molecule has 8 nitrogen and oxygen atoms in total. The van der Waals surface area contributed by atoms with Gasteiger partial charge in [0, 0.05) is 25.7 Å². The van der Waals surface area contributed by atoms with E-state index in [0.29, 0.717) is 34.2 Å². The Hall–Kier alpha value is -1.85. The number of nitrogens with zero attached hydrogens (tertiary/aromatic N) is 4. The Morgan fingerprint density at radius 2 is 2.03 bits per heavy atom. The largest absolute Gasteiger partial charge is 0.465 e. The Morgan fingerprint density at radius 1 is 1.29 bits per heavy atom. The van der Waals surface area contributed by atoms with Crippen molar-refractivity contribution in [1.82, 2.24) is 20.2 Å². The molecule has 4 rings (SSSR count). The minimum absolute atomic E-state index is 0. The van der Waals surface area contributed by atoms with Gasteiger partial charge in [-0.05, 0) is 73.4 Å². The molecule has 194 valence electrons. The zero-order valence-corrected chi connectivity index (χ0v) is 22.2. The fourth-order valence-electron chi connectivity index (χ4n) is 4.88. The van der Waals surface area contributed by atoms with Gasteiger partial charge in [-0.25, -0.2) is 14.6 Å². The maximum atomic E-state index is 14.4. The number of halogens is 3. The molecule has 2 N–H and O–H groups in total. The highest BCUT2D eigenvalue weighted by molar-refractivity contribution is 8.18. The van der Waals surface area contributed by atoms with E-state index in [1.54, 1.807) is 12.1 Å². The third-order valence-electron chi connectivity index (χ3n) is 6.50. The van der Waals surface area contributed by atoms with Crippen LogP contribution in [0.2, 0.25) is 0 Å². The zero-order valence-electron chi connectivity index (χ0n) is 19.8. The molecule has 3 aliphatic heterocycles. The first-order valence-corrected chi connectivity index (χ1v) is 12.3. The number of carbonyl (C=O) groups is 2. The minimum Gasteiger partial charge on any atom is -0.465 e. The van der Waals surface area contributed by atoms with Crippen LogP contribution in [0.1, 0.15) is 50.3 Å². The Bertz CT molecular complexity index is 986. The van der Waals surface area contributed by atoms with E-state index in [4.69, 9.17) is 0 Å². The fourth-order valence-corrected chi connectivity index (χ4v) is 5.79. The number of amides is 2. The van der Waals surface area contributed by atoms with E-state index < -0.39 is 18.0 Å². The summed E-state index contributed by atoms with van der Waals surface area (Å²) in [5, 5.41) is 12.4. The smallest absolute Gasteiger partial charge is 0.407 e. The number of nitrogens with one attached hydrogen (secondary N) is 1. The van der Waals surface area contributed by atoms with Gasteiger partial charge in [0.2, 0.25) is 0 Å². The number of benzene rings is 1. The number of carboxylic acid groups (broad SMARTS) is 1. The average molecular weight is 549 g/mol. The molecule has 0 radical (unpaired) electrons. The first kappa shape index (κ1) is 29.4. The van der Waals surface area contributed by atoms with Gasteiger partial charge < -0.3 is 5.11 Å². The molecule has 1 aromatic carbocycles. The Kier molecular flexibility index (Phi) is 10.8. The number of likely N-dealkylation sites (N-methyl/N-ethyl adjacent to an activating group) is 1. The Morgan fingerprint density at radius 3 is 2.66 bits per heavy atom. The van der Waals surface area contributed by atoms with Crippen LogP contribution in [0.4, 0.5) is 9.18 Å². The molecule has 3 aliphatic rings. The topological polar surface area (TPSA) is 88.5 Å². The van der Waals surface area contributed by atoms with E-state index in [0.717, 1.165) is 39.0 Å². The summed E-state index contributed by atoms with van der Waals surface area (Å²) in [6.45, 7) is 7.63. The number of thioether (sulfide) groups is 1. The maximum Gasteiger partial charge on any atom is 0.407 e. The van der Waals surface area contributed by atoms with Crippen LogP contribution in [0.15, 0.2) is 28.1 Å². The lowest BCUT2D eigenvalue weighted by molar-refractivity contribution is -0.113. The van der Waals surface area contributed by atoms with Crippen molar-refractivity contribution in [2.45, 2.75) is 45.2 Å². The van der Waals surface area contributed by atoms with Crippen molar-refractivity contribution in [3.8, 4) is 0 Å². The summed E-state index contributed by atoms with van der Waals surface area (Å²) >= 11 is 1.29. The molecule has 1 aromatic rings. The van der Waals surface area contributed by atoms with E-state index >= 15 is 0 Å². The van der Waals surface area contributed by atoms with E-state index in [2.05, 4.69) is 15.3 Å². The lowest BCUT2D eigenvalue weighted by atomic mass is 9.93. The van der Waals surface area contributed by atoms with Gasteiger partial charge in [-0.3, -0.25) is 19.6 Å². The van der Waals surface area contributed by atoms with Crippen molar-refractivity contribution < 1.29 is 19.1 Å². The molecular weight excluding hydrogens is 516 g/mol. The minimum atomic E-state index is -1.02. The van der Waals surface area contributed by atoms with Gasteiger partial charge in [-0.15, -0.1) is 24.8 Å². The number of hydrazine groups is 1. The first-order chi connectivity index (χ1) is 15.9. The first-order valence-electron chi connectivity index (χ1n) is 11.5. The molecule has 12 heteroatoms. The lowest BCUT2D eigenvalue weighted by Crippen LogP contribution is -2.45. The molecule has 2 amide bonds. The molecule has 0 aliphatic carbocycles. The summed E-state index contributed by atoms with van der Waals surface area (Å²) < 4.78 is 14.4. The molecule has 3 heterocycles. The van der Waals surface area contributed by atoms with E-state index in [1.807, 2.05) is 18.9 Å². The summed E-state index contributed by atoms with van der Waals surface area (Å²) in [5.41, 5.74) is 4.48. The molecule has 0 spiro atoms. The van der Waals surface area contributed by atoms with E-state index in [1.165, 1.54) is 28.8 Å². The SMILES string of the molecule is CCN(CC)[C@@H]1CCN(C(=O)O)C1c1cc(F)ccc1/C=C1/SC(N2CCCCN2)=NC1=O.Cl.Cl. The molecule has 0 saturated carbocycles. The second kappa shape index (κ2) is 12.9. The van der Waals surface area contributed by atoms with Crippen LogP contribution < -0.4 is 5.43 Å². The summed E-state index contributed by atoms with van der Waals surface area (Å²) in [6, 6.07) is 3.80. The van der Waals surface area contributed by atoms with Gasteiger partial charge in [0.25, 0.3) is 5.91 Å². The van der Waals surface area contributed by atoms with Crippen LogP contribution in [0.3, 0.4) is 0 Å². The van der Waals surface area contributed by atoms with Crippen molar-refractivity contribution in [1.29, 1.82) is 0 Å². The zero-order chi connectivity index (χ0) is 23.5. The van der Waals surface area contributed by atoms with Crippen LogP contribution in [0.5, 0.6) is 0 Å². The molecule has 35 heavy (non-hydrogen) atoms. The van der Waals surface area contributed by atoms with Crippen molar-refractivity contribution in [3.05, 3.63) is 40.0 Å². The molecule has 1 unspecified atom stereocenters. The van der Waals surface area contributed by atoms with Gasteiger partial charge in [0.1, 0.15) is 5.82 Å². The Balaban J connectivity index is 0.00000216. The molecule has 0 bridgehead atoms. The summed E-state index contributed by atoms with van der Waals surface area (Å²) in [4.78, 5) is 33.0. The van der Waals surface area contributed by atoms with Crippen LogP contribution in [0, 0.1) is 5.82 Å². The van der Waals surface area contributed by atoms with Gasteiger partial charge in [0.05, 0.1) is 10.9 Å². The molecular formula is C23H32Cl2FN5O3S. The number of rotatable bonds is 5. The van der Waals surface area contributed by atoms with Crippen molar-refractivity contribution >= 4 is 59.8 Å². The van der Waals surface area contributed by atoms with E-state index in [9.17, 15) is 19.1 Å². The standard InChI is InChI=1S/C23H30FN5O3S.2ClH/c1-3-27(4-2)18-9-12-28(23(31)32)20(18)17-14-16(24)8-7-15(17)13-19-21(30)26-22(33-19)29-11-6-5-10-25-29;;/h7-8,13-14,18,20,25H,3-6,9-12H2,1-2H3,(H,31,32);2*1H/b19-13+;;/t18-,20?;;/m1../s1. The van der Waals surface area contributed by atoms with Crippen LogP contribution in [0.25, 0.3) is 6.08 Å². The molecule has 2 fully saturated rings. The summed E-state index contributed by atoms with van der Waals surface area (Å²) in [6.07, 6.45) is 3.48. The van der Waals surface area contributed by atoms with Gasteiger partial charge in [0.15, 0.2) is 5.17 Å². The van der Waals surface area contributed by atoms with Gasteiger partial charge >= 0.3 is 6.09 Å². The average Bonchev–Trinajstić information content (AvgIpc) is 3.41. The Labute approximate surface area is 221 Å². The number of carbonyl (C=O) groups excluding carboxylic acids is 1. The third-order valence-corrected chi connectivity index (χ3v) is 7.51. The van der Waals surface area contributed by atoms with Crippen LogP contribution in [-0.2, 0) is 4.79 Å². The van der Waals surface area contributed by atoms with Crippen LogP contribution in [-0.4, -0.2) is 75.8 Å². The normalized spacial score (nSPS) is 23.4. The predicted octanol–water partition coefficient (Wildman–Crippen LogP) is 4.38.